The number of methoxy groups -OCH3 is 1. The molecule has 1 fully saturated rings. The Morgan fingerprint density at radius 3 is 3.00 bits per heavy atom. The average Bonchev–Trinajstić information content (AvgIpc) is 2.75. The van der Waals surface area contributed by atoms with Crippen LogP contribution in [0.3, 0.4) is 0 Å². The summed E-state index contributed by atoms with van der Waals surface area (Å²) in [5.41, 5.74) is 1.20. The highest BCUT2D eigenvalue weighted by molar-refractivity contribution is 9.10. The molecule has 1 saturated heterocycles. The van der Waals surface area contributed by atoms with Crippen molar-refractivity contribution in [3.63, 3.8) is 0 Å². The van der Waals surface area contributed by atoms with E-state index in [4.69, 9.17) is 4.74 Å². The number of rotatable bonds is 3. The first-order chi connectivity index (χ1) is 7.70. The van der Waals surface area contributed by atoms with Crippen LogP contribution >= 0.6 is 15.9 Å². The lowest BCUT2D eigenvalue weighted by Gasteiger charge is -2.12. The van der Waals surface area contributed by atoms with Gasteiger partial charge in [-0.2, -0.15) is 0 Å². The van der Waals surface area contributed by atoms with Gasteiger partial charge in [0, 0.05) is 4.47 Å². The van der Waals surface area contributed by atoms with Crippen molar-refractivity contribution >= 4 is 15.9 Å². The van der Waals surface area contributed by atoms with Crippen LogP contribution in [-0.4, -0.2) is 25.3 Å². The highest BCUT2D eigenvalue weighted by Crippen LogP contribution is 2.34. The molecule has 16 heavy (non-hydrogen) atoms. The third-order valence-electron chi connectivity index (χ3n) is 3.02. The molecule has 1 atom stereocenters. The van der Waals surface area contributed by atoms with Crippen LogP contribution in [0.2, 0.25) is 0 Å². The molecule has 1 aliphatic rings. The predicted molar refractivity (Wildman–Crippen MR) is 67.0 cm³/mol. The van der Waals surface area contributed by atoms with E-state index < -0.39 is 0 Å². The van der Waals surface area contributed by atoms with Crippen molar-refractivity contribution in [2.24, 2.45) is 5.92 Å². The lowest BCUT2D eigenvalue weighted by Crippen LogP contribution is -2.11. The molecule has 1 heterocycles. The summed E-state index contributed by atoms with van der Waals surface area (Å²) >= 11 is 3.48. The zero-order chi connectivity index (χ0) is 11.5. The SMILES string of the molecule is COc1cc(CC2CCNC2)c(Br)cc1O. The van der Waals surface area contributed by atoms with E-state index in [1.165, 1.54) is 12.0 Å². The third kappa shape index (κ3) is 2.50. The van der Waals surface area contributed by atoms with Crippen molar-refractivity contribution in [2.45, 2.75) is 12.8 Å². The van der Waals surface area contributed by atoms with Gasteiger partial charge in [-0.3, -0.25) is 0 Å². The summed E-state index contributed by atoms with van der Waals surface area (Å²) in [4.78, 5) is 0. The van der Waals surface area contributed by atoms with Crippen molar-refractivity contribution in [2.75, 3.05) is 20.2 Å². The van der Waals surface area contributed by atoms with Crippen LogP contribution in [0.4, 0.5) is 0 Å². The number of phenolic OH excluding ortho intramolecular Hbond substituents is 1. The van der Waals surface area contributed by atoms with Crippen LogP contribution in [0.15, 0.2) is 16.6 Å². The van der Waals surface area contributed by atoms with E-state index >= 15 is 0 Å². The minimum atomic E-state index is 0.183. The van der Waals surface area contributed by atoms with Crippen molar-refractivity contribution in [1.82, 2.24) is 5.32 Å². The minimum Gasteiger partial charge on any atom is -0.504 e. The fourth-order valence-corrected chi connectivity index (χ4v) is 2.60. The molecule has 0 radical (unpaired) electrons. The van der Waals surface area contributed by atoms with Crippen LogP contribution in [0.1, 0.15) is 12.0 Å². The van der Waals surface area contributed by atoms with E-state index in [1.54, 1.807) is 13.2 Å². The monoisotopic (exact) mass is 285 g/mol. The number of aromatic hydroxyl groups is 1. The first kappa shape index (κ1) is 11.7. The van der Waals surface area contributed by atoms with Crippen LogP contribution in [0.25, 0.3) is 0 Å². The van der Waals surface area contributed by atoms with Gasteiger partial charge in [0.15, 0.2) is 11.5 Å². The Morgan fingerprint density at radius 2 is 2.38 bits per heavy atom. The summed E-state index contributed by atoms with van der Waals surface area (Å²) in [6.07, 6.45) is 2.24. The molecule has 4 heteroatoms. The zero-order valence-electron chi connectivity index (χ0n) is 9.29. The largest absolute Gasteiger partial charge is 0.504 e. The lowest BCUT2D eigenvalue weighted by molar-refractivity contribution is 0.372. The van der Waals surface area contributed by atoms with E-state index in [2.05, 4.69) is 21.2 Å². The second-order valence-corrected chi connectivity index (χ2v) is 5.03. The van der Waals surface area contributed by atoms with E-state index in [0.29, 0.717) is 11.7 Å². The van der Waals surface area contributed by atoms with Gasteiger partial charge in [-0.15, -0.1) is 0 Å². The second-order valence-electron chi connectivity index (χ2n) is 4.18. The van der Waals surface area contributed by atoms with E-state index in [-0.39, 0.29) is 5.75 Å². The molecule has 0 aliphatic carbocycles. The Kier molecular flexibility index (Phi) is 3.71. The number of hydrogen-bond donors (Lipinski definition) is 2. The maximum atomic E-state index is 9.61. The minimum absolute atomic E-state index is 0.183. The molecule has 0 aromatic heterocycles. The molecule has 1 aromatic rings. The highest BCUT2D eigenvalue weighted by atomic mass is 79.9. The summed E-state index contributed by atoms with van der Waals surface area (Å²) in [5.74, 6) is 1.41. The maximum absolute atomic E-state index is 9.61. The summed E-state index contributed by atoms with van der Waals surface area (Å²) in [6, 6.07) is 3.62. The highest BCUT2D eigenvalue weighted by Gasteiger charge is 2.17. The van der Waals surface area contributed by atoms with Crippen molar-refractivity contribution < 1.29 is 9.84 Å². The van der Waals surface area contributed by atoms with E-state index in [1.807, 2.05) is 6.07 Å². The van der Waals surface area contributed by atoms with E-state index in [0.717, 1.165) is 24.0 Å². The number of benzene rings is 1. The number of hydrogen-bond acceptors (Lipinski definition) is 3. The van der Waals surface area contributed by atoms with Crippen molar-refractivity contribution in [3.05, 3.63) is 22.2 Å². The number of nitrogens with one attached hydrogen (secondary N) is 1. The Hall–Kier alpha value is -0.740. The van der Waals surface area contributed by atoms with Gasteiger partial charge in [0.2, 0.25) is 0 Å². The van der Waals surface area contributed by atoms with Crippen molar-refractivity contribution in [3.8, 4) is 11.5 Å². The number of ether oxygens (including phenoxy) is 1. The molecule has 0 saturated carbocycles. The molecule has 1 aromatic carbocycles. The Bertz CT molecular complexity index is 376. The smallest absolute Gasteiger partial charge is 0.160 e. The summed E-state index contributed by atoms with van der Waals surface area (Å²) in [7, 11) is 1.57. The fraction of sp³-hybridized carbons (Fsp3) is 0.500. The van der Waals surface area contributed by atoms with Gasteiger partial charge in [0.1, 0.15) is 0 Å². The Labute approximate surface area is 104 Å². The molecular weight excluding hydrogens is 270 g/mol. The van der Waals surface area contributed by atoms with Gasteiger partial charge < -0.3 is 15.2 Å². The standard InChI is InChI=1S/C12H16BrNO2/c1-16-12-5-9(10(13)6-11(12)15)4-8-2-3-14-7-8/h5-6,8,14-15H,2-4,7H2,1H3. The first-order valence-corrected chi connectivity index (χ1v) is 6.26. The average molecular weight is 286 g/mol. The number of phenols is 1. The molecule has 1 unspecified atom stereocenters. The zero-order valence-corrected chi connectivity index (χ0v) is 10.9. The topological polar surface area (TPSA) is 41.5 Å². The van der Waals surface area contributed by atoms with Gasteiger partial charge in [0.25, 0.3) is 0 Å². The molecule has 1 aliphatic heterocycles. The predicted octanol–water partition coefficient (Wildman–Crippen LogP) is 2.32. The van der Waals surface area contributed by atoms with Gasteiger partial charge in [-0.05, 0) is 49.5 Å². The summed E-state index contributed by atoms with van der Waals surface area (Å²) < 4.78 is 6.07. The molecule has 0 amide bonds. The first-order valence-electron chi connectivity index (χ1n) is 5.47. The second kappa shape index (κ2) is 5.06. The van der Waals surface area contributed by atoms with Crippen LogP contribution in [-0.2, 0) is 6.42 Å². The van der Waals surface area contributed by atoms with E-state index in [9.17, 15) is 5.11 Å². The van der Waals surface area contributed by atoms with Gasteiger partial charge in [0.05, 0.1) is 7.11 Å². The normalized spacial score (nSPS) is 20.0. The summed E-state index contributed by atoms with van der Waals surface area (Å²) in [6.45, 7) is 2.19. The van der Waals surface area contributed by atoms with Crippen LogP contribution < -0.4 is 10.1 Å². The molecule has 2 N–H and O–H groups in total. The molecular formula is C12H16BrNO2. The van der Waals surface area contributed by atoms with Crippen LogP contribution in [0.5, 0.6) is 11.5 Å². The Balaban J connectivity index is 2.18. The summed E-state index contributed by atoms with van der Waals surface area (Å²) in [5, 5.41) is 13.0. The van der Waals surface area contributed by atoms with Gasteiger partial charge in [-0.25, -0.2) is 0 Å². The molecule has 0 spiro atoms. The van der Waals surface area contributed by atoms with Gasteiger partial charge >= 0.3 is 0 Å². The fourth-order valence-electron chi connectivity index (χ4n) is 2.10. The molecule has 0 bridgehead atoms. The molecule has 3 nitrogen and oxygen atoms in total. The van der Waals surface area contributed by atoms with Crippen LogP contribution in [0, 0.1) is 5.92 Å². The Morgan fingerprint density at radius 1 is 1.56 bits per heavy atom. The quantitative estimate of drug-likeness (QED) is 0.896. The lowest BCUT2D eigenvalue weighted by atomic mass is 9.98. The maximum Gasteiger partial charge on any atom is 0.160 e. The molecule has 2 rings (SSSR count). The number of halogens is 1. The van der Waals surface area contributed by atoms with Crippen molar-refractivity contribution in [1.29, 1.82) is 0 Å². The molecule has 88 valence electrons. The third-order valence-corrected chi connectivity index (χ3v) is 3.76. The van der Waals surface area contributed by atoms with Gasteiger partial charge in [-0.1, -0.05) is 15.9 Å².